The second kappa shape index (κ2) is 8.04. The van der Waals surface area contributed by atoms with Crippen LogP contribution in [0, 0.1) is 5.82 Å². The number of likely N-dealkylation sites (N-methyl/N-ethyl adjacent to an activating group) is 1. The van der Waals surface area contributed by atoms with Crippen molar-refractivity contribution in [1.29, 1.82) is 0 Å². The van der Waals surface area contributed by atoms with Gasteiger partial charge in [0.15, 0.2) is 11.6 Å². The molecule has 1 fully saturated rings. The van der Waals surface area contributed by atoms with E-state index in [2.05, 4.69) is 25.6 Å². The molecule has 0 radical (unpaired) electrons. The van der Waals surface area contributed by atoms with Gasteiger partial charge >= 0.3 is 0 Å². The van der Waals surface area contributed by atoms with Gasteiger partial charge < -0.3 is 19.9 Å². The molecule has 0 aromatic carbocycles. The third kappa shape index (κ3) is 4.42. The summed E-state index contributed by atoms with van der Waals surface area (Å²) in [4.78, 5) is 23.4. The molecule has 140 valence electrons. The Hall–Kier alpha value is -2.82. The highest BCUT2D eigenvalue weighted by atomic mass is 19.1. The van der Waals surface area contributed by atoms with Gasteiger partial charge in [-0.05, 0) is 0 Å². The number of carbonyl (C=O) groups excluding carboxylic acids is 1. The fraction of sp³-hybridized carbons (Fsp3) is 0.533. The SMILES string of the molecule is CN(C)C(=O)Cn1cc(CNc2nc(N3CCOCC3)ncc2F)nn1. The lowest BCUT2D eigenvalue weighted by Gasteiger charge is -2.26. The van der Waals surface area contributed by atoms with E-state index < -0.39 is 5.82 Å². The number of nitrogens with zero attached hydrogens (tertiary/aromatic N) is 7. The highest BCUT2D eigenvalue weighted by Crippen LogP contribution is 2.16. The average Bonchev–Trinajstić information content (AvgIpc) is 3.09. The molecule has 0 saturated carbocycles. The number of hydrogen-bond donors (Lipinski definition) is 1. The van der Waals surface area contributed by atoms with Crippen molar-refractivity contribution < 1.29 is 13.9 Å². The van der Waals surface area contributed by atoms with Gasteiger partial charge in [-0.15, -0.1) is 5.10 Å². The molecule has 0 unspecified atom stereocenters. The zero-order valence-electron chi connectivity index (χ0n) is 14.7. The van der Waals surface area contributed by atoms with Crippen LogP contribution in [-0.4, -0.2) is 76.2 Å². The van der Waals surface area contributed by atoms with Crippen LogP contribution in [0.5, 0.6) is 0 Å². The number of amides is 1. The van der Waals surface area contributed by atoms with Gasteiger partial charge in [0.25, 0.3) is 0 Å². The first-order valence-electron chi connectivity index (χ1n) is 8.21. The topological polar surface area (TPSA) is 101 Å². The Morgan fingerprint density at radius 1 is 1.38 bits per heavy atom. The van der Waals surface area contributed by atoms with Crippen LogP contribution < -0.4 is 10.2 Å². The van der Waals surface area contributed by atoms with Crippen molar-refractivity contribution in [3.8, 4) is 0 Å². The summed E-state index contributed by atoms with van der Waals surface area (Å²) in [5.41, 5.74) is 0.572. The Kier molecular flexibility index (Phi) is 5.56. The highest BCUT2D eigenvalue weighted by Gasteiger charge is 2.16. The largest absolute Gasteiger partial charge is 0.378 e. The van der Waals surface area contributed by atoms with Crippen molar-refractivity contribution in [2.24, 2.45) is 0 Å². The average molecular weight is 364 g/mol. The van der Waals surface area contributed by atoms with Crippen LogP contribution in [0.1, 0.15) is 5.69 Å². The standard InChI is InChI=1S/C15H21FN8O2/c1-22(2)13(25)10-24-9-11(20-21-24)7-17-14-12(16)8-18-15(19-14)23-3-5-26-6-4-23/h8-9H,3-7,10H2,1-2H3,(H,17,18,19). The van der Waals surface area contributed by atoms with Gasteiger partial charge in [0.2, 0.25) is 11.9 Å². The number of aromatic nitrogens is 5. The van der Waals surface area contributed by atoms with Crippen molar-refractivity contribution in [3.05, 3.63) is 23.9 Å². The number of ether oxygens (including phenoxy) is 1. The maximum atomic E-state index is 14.0. The maximum absolute atomic E-state index is 14.0. The summed E-state index contributed by atoms with van der Waals surface area (Å²) in [7, 11) is 3.34. The fourth-order valence-electron chi connectivity index (χ4n) is 2.35. The number of rotatable bonds is 6. The lowest BCUT2D eigenvalue weighted by atomic mass is 10.4. The third-order valence-electron chi connectivity index (χ3n) is 3.84. The molecular weight excluding hydrogens is 343 g/mol. The molecule has 1 saturated heterocycles. The number of halogens is 1. The molecule has 0 aliphatic carbocycles. The Morgan fingerprint density at radius 3 is 2.88 bits per heavy atom. The van der Waals surface area contributed by atoms with Crippen molar-refractivity contribution >= 4 is 17.7 Å². The second-order valence-corrected chi connectivity index (χ2v) is 6.02. The molecule has 2 aromatic rings. The monoisotopic (exact) mass is 364 g/mol. The minimum Gasteiger partial charge on any atom is -0.378 e. The summed E-state index contributed by atoms with van der Waals surface area (Å²) < 4.78 is 20.7. The zero-order valence-corrected chi connectivity index (χ0v) is 14.7. The van der Waals surface area contributed by atoms with Gasteiger partial charge in [-0.1, -0.05) is 5.21 Å². The molecule has 10 nitrogen and oxygen atoms in total. The Balaban J connectivity index is 1.62. The Labute approximate surface area is 150 Å². The lowest BCUT2D eigenvalue weighted by Crippen LogP contribution is -2.37. The van der Waals surface area contributed by atoms with Crippen molar-refractivity contribution in [2.45, 2.75) is 13.1 Å². The van der Waals surface area contributed by atoms with Crippen molar-refractivity contribution in [2.75, 3.05) is 50.6 Å². The van der Waals surface area contributed by atoms with Gasteiger partial charge in [-0.25, -0.2) is 14.1 Å². The van der Waals surface area contributed by atoms with Gasteiger partial charge in [0.05, 0.1) is 32.2 Å². The van der Waals surface area contributed by atoms with E-state index in [1.165, 1.54) is 9.58 Å². The molecule has 0 bridgehead atoms. The van der Waals surface area contributed by atoms with E-state index in [9.17, 15) is 9.18 Å². The molecule has 0 atom stereocenters. The number of hydrogen-bond acceptors (Lipinski definition) is 8. The highest BCUT2D eigenvalue weighted by molar-refractivity contribution is 5.75. The summed E-state index contributed by atoms with van der Waals surface area (Å²) in [6, 6.07) is 0. The van der Waals surface area contributed by atoms with Crippen LogP contribution in [0.3, 0.4) is 0 Å². The summed E-state index contributed by atoms with van der Waals surface area (Å²) >= 11 is 0. The number of carbonyl (C=O) groups is 1. The summed E-state index contributed by atoms with van der Waals surface area (Å²) in [6.45, 7) is 2.85. The quantitative estimate of drug-likeness (QED) is 0.748. The normalized spacial score (nSPS) is 14.3. The molecule has 1 amide bonds. The number of nitrogens with one attached hydrogen (secondary N) is 1. The summed E-state index contributed by atoms with van der Waals surface area (Å²) in [5.74, 6) is -0.0820. The van der Waals surface area contributed by atoms with E-state index in [-0.39, 0.29) is 24.8 Å². The molecule has 1 aliphatic heterocycles. The van der Waals surface area contributed by atoms with Crippen LogP contribution in [-0.2, 0) is 22.6 Å². The molecule has 1 N–H and O–H groups in total. The molecule has 26 heavy (non-hydrogen) atoms. The van der Waals surface area contributed by atoms with Gasteiger partial charge in [-0.3, -0.25) is 4.79 Å². The predicted octanol–water partition coefficient (Wildman–Crippen LogP) is -0.256. The lowest BCUT2D eigenvalue weighted by molar-refractivity contribution is -0.129. The van der Waals surface area contributed by atoms with E-state index >= 15 is 0 Å². The molecule has 11 heteroatoms. The van der Waals surface area contributed by atoms with Crippen LogP contribution >= 0.6 is 0 Å². The van der Waals surface area contributed by atoms with Crippen molar-refractivity contribution in [1.82, 2.24) is 29.9 Å². The Morgan fingerprint density at radius 2 is 2.15 bits per heavy atom. The summed E-state index contributed by atoms with van der Waals surface area (Å²) in [6.07, 6.45) is 2.78. The van der Waals surface area contributed by atoms with Gasteiger partial charge in [0.1, 0.15) is 12.2 Å². The van der Waals surface area contributed by atoms with E-state index in [4.69, 9.17) is 4.74 Å². The zero-order chi connectivity index (χ0) is 18.5. The van der Waals surface area contributed by atoms with Crippen LogP contribution in [0.2, 0.25) is 0 Å². The van der Waals surface area contributed by atoms with E-state index in [0.29, 0.717) is 37.9 Å². The molecule has 2 aromatic heterocycles. The molecule has 3 rings (SSSR count). The number of anilines is 2. The minimum atomic E-state index is -0.544. The first-order valence-corrected chi connectivity index (χ1v) is 8.21. The van der Waals surface area contributed by atoms with E-state index in [1.807, 2.05) is 4.90 Å². The maximum Gasteiger partial charge on any atom is 0.243 e. The van der Waals surface area contributed by atoms with Gasteiger partial charge in [-0.2, -0.15) is 4.98 Å². The molecule has 3 heterocycles. The Bertz CT molecular complexity index is 760. The van der Waals surface area contributed by atoms with Crippen molar-refractivity contribution in [3.63, 3.8) is 0 Å². The first-order chi connectivity index (χ1) is 12.5. The molecular formula is C15H21FN8O2. The fourth-order valence-corrected chi connectivity index (χ4v) is 2.35. The predicted molar refractivity (Wildman–Crippen MR) is 91.1 cm³/mol. The first kappa shape index (κ1) is 18.0. The molecule has 1 aliphatic rings. The van der Waals surface area contributed by atoms with E-state index in [1.54, 1.807) is 20.3 Å². The van der Waals surface area contributed by atoms with Crippen LogP contribution in [0.15, 0.2) is 12.4 Å². The smallest absolute Gasteiger partial charge is 0.243 e. The van der Waals surface area contributed by atoms with E-state index in [0.717, 1.165) is 6.20 Å². The van der Waals surface area contributed by atoms with Gasteiger partial charge in [0, 0.05) is 27.2 Å². The summed E-state index contributed by atoms with van der Waals surface area (Å²) in [5, 5.41) is 10.8. The minimum absolute atomic E-state index is 0.0913. The van der Waals surface area contributed by atoms with Crippen LogP contribution in [0.4, 0.5) is 16.2 Å². The van der Waals surface area contributed by atoms with Crippen LogP contribution in [0.25, 0.3) is 0 Å². The third-order valence-corrected chi connectivity index (χ3v) is 3.84. The number of morpholine rings is 1. The second-order valence-electron chi connectivity index (χ2n) is 6.02. The molecule has 0 spiro atoms.